The number of carbonyl (C=O) groups excluding carboxylic acids is 2. The van der Waals surface area contributed by atoms with Crippen molar-refractivity contribution in [1.29, 1.82) is 0 Å². The Morgan fingerprint density at radius 1 is 1.03 bits per heavy atom. The molecule has 0 aliphatic heterocycles. The number of hydrogen-bond donors (Lipinski definition) is 3. The normalized spacial score (nSPS) is 22.5. The van der Waals surface area contributed by atoms with Crippen molar-refractivity contribution in [2.45, 2.75) is 37.1 Å². The molecule has 0 bridgehead atoms. The third-order valence-electron chi connectivity index (χ3n) is 7.23. The van der Waals surface area contributed by atoms with Gasteiger partial charge in [-0.3, -0.25) is 9.59 Å². The van der Waals surface area contributed by atoms with Crippen LogP contribution in [0.1, 0.15) is 36.3 Å². The lowest BCUT2D eigenvalue weighted by Crippen LogP contribution is -2.41. The van der Waals surface area contributed by atoms with E-state index < -0.39 is 48.3 Å². The Morgan fingerprint density at radius 3 is 2.17 bits per heavy atom. The maximum absolute atomic E-state index is 13.5. The Hall–Kier alpha value is -3.49. The van der Waals surface area contributed by atoms with Crippen molar-refractivity contribution in [3.63, 3.8) is 0 Å². The largest absolute Gasteiger partial charge is 0.481 e. The first-order chi connectivity index (χ1) is 16.8. The minimum Gasteiger partial charge on any atom is -0.481 e. The highest BCUT2D eigenvalue weighted by molar-refractivity contribution is 5.80. The molecule has 5 rings (SSSR count). The smallest absolute Gasteiger partial charge is 0.407 e. The molecule has 3 atom stereocenters. The second-order valence-electron chi connectivity index (χ2n) is 9.52. The summed E-state index contributed by atoms with van der Waals surface area (Å²) in [5.74, 6) is -8.52. The van der Waals surface area contributed by atoms with Crippen LogP contribution in [-0.2, 0) is 14.3 Å². The van der Waals surface area contributed by atoms with E-state index in [1.165, 1.54) is 0 Å². The van der Waals surface area contributed by atoms with Gasteiger partial charge in [0.1, 0.15) is 12.5 Å². The second-order valence-corrected chi connectivity index (χ2v) is 9.52. The van der Waals surface area contributed by atoms with E-state index in [1.807, 2.05) is 48.5 Å². The van der Waals surface area contributed by atoms with Crippen molar-refractivity contribution < 1.29 is 33.0 Å². The molecule has 0 saturated heterocycles. The zero-order valence-corrected chi connectivity index (χ0v) is 18.9. The molecule has 0 radical (unpaired) electrons. The Morgan fingerprint density at radius 2 is 1.63 bits per heavy atom. The molecule has 2 saturated carbocycles. The summed E-state index contributed by atoms with van der Waals surface area (Å²) in [7, 11) is 0. The summed E-state index contributed by atoms with van der Waals surface area (Å²) in [6.07, 6.45) is 0.994. The van der Waals surface area contributed by atoms with Crippen LogP contribution in [0.5, 0.6) is 0 Å². The molecular formula is C26H26F2N2O5. The maximum Gasteiger partial charge on any atom is 0.407 e. The first-order valence-corrected chi connectivity index (χ1v) is 11.8. The number of alkyl carbamates (subject to hydrolysis) is 1. The van der Waals surface area contributed by atoms with Crippen LogP contribution in [0.4, 0.5) is 13.6 Å². The van der Waals surface area contributed by atoms with Gasteiger partial charge in [0.25, 0.3) is 5.92 Å². The molecule has 7 nitrogen and oxygen atoms in total. The fraction of sp³-hybridized carbons (Fsp3) is 0.423. The highest BCUT2D eigenvalue weighted by Gasteiger charge is 2.72. The molecule has 3 aliphatic rings. The summed E-state index contributed by atoms with van der Waals surface area (Å²) in [5, 5.41) is 14.0. The lowest BCUT2D eigenvalue weighted by molar-refractivity contribution is -0.141. The van der Waals surface area contributed by atoms with E-state index in [1.54, 1.807) is 0 Å². The molecular weight excluding hydrogens is 458 g/mol. The molecule has 2 amide bonds. The fourth-order valence-corrected chi connectivity index (χ4v) is 5.10. The van der Waals surface area contributed by atoms with Crippen molar-refractivity contribution in [3.05, 3.63) is 59.7 Å². The number of carbonyl (C=O) groups is 3. The summed E-state index contributed by atoms with van der Waals surface area (Å²) in [6.45, 7) is -0.262. The summed E-state index contributed by atoms with van der Waals surface area (Å²) < 4.78 is 32.6. The quantitative estimate of drug-likeness (QED) is 0.503. The number of nitrogens with one attached hydrogen (secondary N) is 2. The van der Waals surface area contributed by atoms with Gasteiger partial charge in [-0.1, -0.05) is 48.5 Å². The van der Waals surface area contributed by atoms with E-state index in [4.69, 9.17) is 9.84 Å². The van der Waals surface area contributed by atoms with Crippen LogP contribution in [-0.4, -0.2) is 48.2 Å². The van der Waals surface area contributed by atoms with Crippen molar-refractivity contribution in [1.82, 2.24) is 10.6 Å². The molecule has 2 fully saturated rings. The number of alkyl halides is 2. The number of ether oxygens (including phenoxy) is 1. The number of carboxylic acids is 1. The lowest BCUT2D eigenvalue weighted by atomic mass is 9.98. The van der Waals surface area contributed by atoms with Gasteiger partial charge in [0.15, 0.2) is 0 Å². The van der Waals surface area contributed by atoms with Crippen molar-refractivity contribution in [2.75, 3.05) is 13.2 Å². The Labute approximate surface area is 200 Å². The van der Waals surface area contributed by atoms with Crippen LogP contribution in [0.3, 0.4) is 0 Å². The van der Waals surface area contributed by atoms with Crippen LogP contribution in [0.2, 0.25) is 0 Å². The highest BCUT2D eigenvalue weighted by Crippen LogP contribution is 2.55. The number of benzene rings is 2. The van der Waals surface area contributed by atoms with Gasteiger partial charge >= 0.3 is 12.1 Å². The van der Waals surface area contributed by atoms with E-state index in [0.29, 0.717) is 0 Å². The predicted octanol–water partition coefficient (Wildman–Crippen LogP) is 3.78. The van der Waals surface area contributed by atoms with Gasteiger partial charge in [-0.15, -0.1) is 0 Å². The van der Waals surface area contributed by atoms with E-state index in [-0.39, 0.29) is 24.9 Å². The molecule has 3 aliphatic carbocycles. The molecule has 0 spiro atoms. The highest BCUT2D eigenvalue weighted by atomic mass is 19.3. The molecule has 9 heteroatoms. The third kappa shape index (κ3) is 4.59. The van der Waals surface area contributed by atoms with E-state index in [2.05, 4.69) is 10.6 Å². The van der Waals surface area contributed by atoms with Crippen LogP contribution >= 0.6 is 0 Å². The summed E-state index contributed by atoms with van der Waals surface area (Å²) >= 11 is 0. The zero-order chi connectivity index (χ0) is 24.7. The van der Waals surface area contributed by atoms with Gasteiger partial charge < -0.3 is 20.5 Å². The number of carboxylic acid groups (broad SMARTS) is 1. The molecule has 35 heavy (non-hydrogen) atoms. The van der Waals surface area contributed by atoms with Crippen LogP contribution in [0.25, 0.3) is 11.1 Å². The molecule has 0 heterocycles. The topological polar surface area (TPSA) is 105 Å². The number of hydrogen-bond acceptors (Lipinski definition) is 4. The first kappa shape index (κ1) is 23.3. The second kappa shape index (κ2) is 8.94. The maximum atomic E-state index is 13.5. The van der Waals surface area contributed by atoms with E-state index in [0.717, 1.165) is 35.1 Å². The molecule has 2 aromatic carbocycles. The Kier molecular flexibility index (Phi) is 5.94. The first-order valence-electron chi connectivity index (χ1n) is 11.8. The van der Waals surface area contributed by atoms with E-state index in [9.17, 15) is 23.2 Å². The molecule has 2 aromatic rings. The SMILES string of the molecule is O=C(CC(NC(=O)OCC1c2ccccc2-c2ccccc21)C1CC1)NC[C@H]1[C@@H](C(=O)O)C1(F)F. The summed E-state index contributed by atoms with van der Waals surface area (Å²) in [6, 6.07) is 15.5. The minimum absolute atomic E-state index is 0.0785. The predicted molar refractivity (Wildman–Crippen MR) is 122 cm³/mol. The summed E-state index contributed by atoms with van der Waals surface area (Å²) in [5.41, 5.74) is 4.43. The summed E-state index contributed by atoms with van der Waals surface area (Å²) in [4.78, 5) is 35.8. The van der Waals surface area contributed by atoms with Gasteiger partial charge in [0.2, 0.25) is 5.91 Å². The van der Waals surface area contributed by atoms with Gasteiger partial charge in [0, 0.05) is 24.9 Å². The van der Waals surface area contributed by atoms with Gasteiger partial charge in [-0.25, -0.2) is 13.6 Å². The monoisotopic (exact) mass is 484 g/mol. The number of halogens is 2. The van der Waals surface area contributed by atoms with Gasteiger partial charge in [-0.05, 0) is 41.0 Å². The minimum atomic E-state index is -3.31. The lowest BCUT2D eigenvalue weighted by Gasteiger charge is -2.19. The average molecular weight is 484 g/mol. The standard InChI is InChI=1S/C26H26F2N2O5/c27-26(28)20(23(26)24(32)33)12-29-22(31)11-21(14-9-10-14)30-25(34)35-13-19-17-7-3-1-5-15(17)16-6-2-4-8-18(16)19/h1-8,14,19-21,23H,9-13H2,(H,29,31)(H,30,34)(H,32,33)/t20-,21?,23-/m0/s1. The molecule has 184 valence electrons. The molecule has 3 N–H and O–H groups in total. The Balaban J connectivity index is 1.14. The average Bonchev–Trinajstić information content (AvgIpc) is 3.72. The Bertz CT molecular complexity index is 1120. The number of aliphatic carboxylic acids is 1. The van der Waals surface area contributed by atoms with Crippen molar-refractivity contribution in [2.24, 2.45) is 17.8 Å². The molecule has 0 aromatic heterocycles. The number of amides is 2. The fourth-order valence-electron chi connectivity index (χ4n) is 5.10. The van der Waals surface area contributed by atoms with E-state index >= 15 is 0 Å². The van der Waals surface area contributed by atoms with Crippen molar-refractivity contribution >= 4 is 18.0 Å². The van der Waals surface area contributed by atoms with Gasteiger partial charge in [0.05, 0.1) is 5.92 Å². The molecule has 1 unspecified atom stereocenters. The number of rotatable bonds is 9. The zero-order valence-electron chi connectivity index (χ0n) is 18.9. The number of fused-ring (bicyclic) bond motifs is 3. The van der Waals surface area contributed by atoms with Crippen LogP contribution < -0.4 is 10.6 Å². The third-order valence-corrected chi connectivity index (χ3v) is 7.23. The van der Waals surface area contributed by atoms with Crippen LogP contribution in [0, 0.1) is 17.8 Å². The van der Waals surface area contributed by atoms with Gasteiger partial charge in [-0.2, -0.15) is 0 Å². The van der Waals surface area contributed by atoms with Crippen molar-refractivity contribution in [3.8, 4) is 11.1 Å². The van der Waals surface area contributed by atoms with Crippen LogP contribution in [0.15, 0.2) is 48.5 Å².